The first-order valence-corrected chi connectivity index (χ1v) is 10.3. The van der Waals surface area contributed by atoms with Crippen LogP contribution in [0.15, 0.2) is 90.4 Å². The predicted octanol–water partition coefficient (Wildman–Crippen LogP) is 5.44. The molecule has 0 spiro atoms. The Morgan fingerprint density at radius 3 is 2.53 bits per heavy atom. The van der Waals surface area contributed by atoms with Gasteiger partial charge in [0, 0.05) is 17.7 Å². The van der Waals surface area contributed by atoms with Gasteiger partial charge in [-0.1, -0.05) is 48.5 Å². The molecule has 0 aliphatic carbocycles. The lowest BCUT2D eigenvalue weighted by atomic mass is 10.2. The molecule has 0 saturated carbocycles. The van der Waals surface area contributed by atoms with Crippen LogP contribution in [-0.4, -0.2) is 15.9 Å². The maximum atomic E-state index is 12.2. The van der Waals surface area contributed by atoms with E-state index in [1.807, 2.05) is 78.2 Å². The summed E-state index contributed by atoms with van der Waals surface area (Å²) in [6.45, 7) is 0.521. The molecule has 0 fully saturated rings. The lowest BCUT2D eigenvalue weighted by molar-refractivity contribution is -0.111. The van der Waals surface area contributed by atoms with E-state index in [4.69, 9.17) is 4.74 Å². The molecule has 4 aromatic rings. The van der Waals surface area contributed by atoms with Crippen molar-refractivity contribution in [1.82, 2.24) is 9.97 Å². The van der Waals surface area contributed by atoms with Crippen molar-refractivity contribution in [2.24, 2.45) is 0 Å². The Hall–Kier alpha value is -3.77. The van der Waals surface area contributed by atoms with Crippen LogP contribution in [0, 0.1) is 0 Å². The minimum absolute atomic E-state index is 0.235. The zero-order valence-corrected chi connectivity index (χ0v) is 16.9. The average Bonchev–Trinajstić information content (AvgIpc) is 3.27. The number of hydrogen-bond acceptors (Lipinski definition) is 5. The Morgan fingerprint density at radius 2 is 1.77 bits per heavy atom. The number of benzene rings is 2. The van der Waals surface area contributed by atoms with Crippen molar-refractivity contribution >= 4 is 28.5 Å². The molecule has 1 N–H and O–H groups in total. The van der Waals surface area contributed by atoms with Gasteiger partial charge in [-0.15, -0.1) is 11.3 Å². The van der Waals surface area contributed by atoms with Crippen LogP contribution < -0.4 is 10.1 Å². The highest BCUT2D eigenvalue weighted by Gasteiger charge is 2.07. The summed E-state index contributed by atoms with van der Waals surface area (Å²) in [4.78, 5) is 20.9. The molecule has 0 aliphatic heterocycles. The fourth-order valence-corrected chi connectivity index (χ4v) is 3.41. The van der Waals surface area contributed by atoms with Gasteiger partial charge in [0.15, 0.2) is 5.13 Å². The molecule has 0 unspecified atom stereocenters. The number of carbonyl (C=O) groups excluding carboxylic acids is 1. The van der Waals surface area contributed by atoms with Crippen molar-refractivity contribution in [1.29, 1.82) is 0 Å². The summed E-state index contributed by atoms with van der Waals surface area (Å²) < 4.78 is 5.78. The van der Waals surface area contributed by atoms with Crippen molar-refractivity contribution in [3.05, 3.63) is 102 Å². The fraction of sp³-hybridized carbons (Fsp3) is 0.0417. The van der Waals surface area contributed by atoms with E-state index >= 15 is 0 Å². The number of amides is 1. The molecule has 2 heterocycles. The maximum absolute atomic E-state index is 12.2. The third-order valence-electron chi connectivity index (χ3n) is 4.22. The number of anilines is 1. The van der Waals surface area contributed by atoms with E-state index in [1.165, 1.54) is 17.4 Å². The molecule has 148 valence electrons. The van der Waals surface area contributed by atoms with E-state index in [0.717, 1.165) is 28.3 Å². The molecule has 0 aliphatic rings. The first kappa shape index (κ1) is 19.5. The second-order valence-corrected chi connectivity index (χ2v) is 7.28. The SMILES string of the molecule is O=C(/C=C/c1ccc(OCc2ccccc2)cc1)Nc1nc(-c2ccccn2)cs1. The van der Waals surface area contributed by atoms with Crippen LogP contribution in [0.3, 0.4) is 0 Å². The van der Waals surface area contributed by atoms with Crippen LogP contribution in [0.5, 0.6) is 5.75 Å². The minimum atomic E-state index is -0.235. The molecule has 0 saturated heterocycles. The third kappa shape index (κ3) is 5.40. The number of pyridine rings is 1. The zero-order chi connectivity index (χ0) is 20.6. The van der Waals surface area contributed by atoms with Gasteiger partial charge in [0.1, 0.15) is 18.1 Å². The van der Waals surface area contributed by atoms with Crippen molar-refractivity contribution in [3.63, 3.8) is 0 Å². The molecule has 6 heteroatoms. The van der Waals surface area contributed by atoms with Crippen LogP contribution in [0.4, 0.5) is 5.13 Å². The van der Waals surface area contributed by atoms with Gasteiger partial charge >= 0.3 is 0 Å². The first-order valence-electron chi connectivity index (χ1n) is 9.39. The summed E-state index contributed by atoms with van der Waals surface area (Å²) in [5.41, 5.74) is 3.54. The van der Waals surface area contributed by atoms with E-state index in [0.29, 0.717) is 11.7 Å². The lowest BCUT2D eigenvalue weighted by Crippen LogP contribution is -2.07. The largest absolute Gasteiger partial charge is 0.489 e. The number of rotatable bonds is 7. The topological polar surface area (TPSA) is 64.1 Å². The second-order valence-electron chi connectivity index (χ2n) is 6.42. The van der Waals surface area contributed by atoms with E-state index in [1.54, 1.807) is 12.3 Å². The molecule has 30 heavy (non-hydrogen) atoms. The van der Waals surface area contributed by atoms with Gasteiger partial charge in [0.2, 0.25) is 5.91 Å². The maximum Gasteiger partial charge on any atom is 0.250 e. The number of aromatic nitrogens is 2. The Labute approximate surface area is 178 Å². The number of hydrogen-bond donors (Lipinski definition) is 1. The van der Waals surface area contributed by atoms with Crippen molar-refractivity contribution in [2.75, 3.05) is 5.32 Å². The van der Waals surface area contributed by atoms with Crippen molar-refractivity contribution < 1.29 is 9.53 Å². The zero-order valence-electron chi connectivity index (χ0n) is 16.1. The third-order valence-corrected chi connectivity index (χ3v) is 4.97. The average molecular weight is 414 g/mol. The highest BCUT2D eigenvalue weighted by molar-refractivity contribution is 7.14. The van der Waals surface area contributed by atoms with Gasteiger partial charge in [-0.05, 0) is 41.5 Å². The summed E-state index contributed by atoms with van der Waals surface area (Å²) in [6.07, 6.45) is 4.96. The van der Waals surface area contributed by atoms with Gasteiger partial charge in [-0.3, -0.25) is 15.1 Å². The Balaban J connectivity index is 1.30. The van der Waals surface area contributed by atoms with Crippen LogP contribution in [0.2, 0.25) is 0 Å². The second kappa shape index (κ2) is 9.62. The molecule has 2 aromatic carbocycles. The molecule has 4 rings (SSSR count). The molecule has 1 amide bonds. The van der Waals surface area contributed by atoms with Gasteiger partial charge in [0.25, 0.3) is 0 Å². The molecule has 0 radical (unpaired) electrons. The van der Waals surface area contributed by atoms with E-state index < -0.39 is 0 Å². The number of nitrogens with zero attached hydrogens (tertiary/aromatic N) is 2. The molecular formula is C24H19N3O2S. The van der Waals surface area contributed by atoms with Crippen LogP contribution in [-0.2, 0) is 11.4 Å². The lowest BCUT2D eigenvalue weighted by Gasteiger charge is -2.06. The Kier molecular flexibility index (Phi) is 6.27. The number of carbonyl (C=O) groups is 1. The summed E-state index contributed by atoms with van der Waals surface area (Å²) in [7, 11) is 0. The molecule has 0 atom stereocenters. The Morgan fingerprint density at radius 1 is 0.967 bits per heavy atom. The van der Waals surface area contributed by atoms with Crippen molar-refractivity contribution in [2.45, 2.75) is 6.61 Å². The van der Waals surface area contributed by atoms with Crippen LogP contribution >= 0.6 is 11.3 Å². The van der Waals surface area contributed by atoms with Crippen molar-refractivity contribution in [3.8, 4) is 17.1 Å². The van der Waals surface area contributed by atoms with Gasteiger partial charge in [-0.25, -0.2) is 4.98 Å². The quantitative estimate of drug-likeness (QED) is 0.410. The number of ether oxygens (including phenoxy) is 1. The molecule has 0 bridgehead atoms. The summed E-state index contributed by atoms with van der Waals surface area (Å²) in [5.74, 6) is 0.548. The number of thiazole rings is 1. The van der Waals surface area contributed by atoms with Gasteiger partial charge < -0.3 is 4.74 Å². The summed E-state index contributed by atoms with van der Waals surface area (Å²) in [6, 6.07) is 23.2. The highest BCUT2D eigenvalue weighted by atomic mass is 32.1. The minimum Gasteiger partial charge on any atom is -0.489 e. The van der Waals surface area contributed by atoms with Gasteiger partial charge in [0.05, 0.1) is 5.69 Å². The number of nitrogens with one attached hydrogen (secondary N) is 1. The normalized spacial score (nSPS) is 10.8. The van der Waals surface area contributed by atoms with E-state index in [-0.39, 0.29) is 5.91 Å². The molecule has 5 nitrogen and oxygen atoms in total. The fourth-order valence-electron chi connectivity index (χ4n) is 2.70. The highest BCUT2D eigenvalue weighted by Crippen LogP contribution is 2.23. The monoisotopic (exact) mass is 413 g/mol. The smallest absolute Gasteiger partial charge is 0.250 e. The van der Waals surface area contributed by atoms with E-state index in [2.05, 4.69) is 15.3 Å². The molecule has 2 aromatic heterocycles. The summed E-state index contributed by atoms with van der Waals surface area (Å²) in [5, 5.41) is 5.19. The predicted molar refractivity (Wildman–Crippen MR) is 120 cm³/mol. The van der Waals surface area contributed by atoms with Crippen LogP contribution in [0.1, 0.15) is 11.1 Å². The first-order chi connectivity index (χ1) is 14.8. The van der Waals surface area contributed by atoms with Crippen LogP contribution in [0.25, 0.3) is 17.5 Å². The summed E-state index contributed by atoms with van der Waals surface area (Å²) >= 11 is 1.37. The van der Waals surface area contributed by atoms with Gasteiger partial charge in [-0.2, -0.15) is 0 Å². The van der Waals surface area contributed by atoms with E-state index in [9.17, 15) is 4.79 Å². The Bertz CT molecular complexity index is 1120. The molecular weight excluding hydrogens is 394 g/mol. The standard InChI is InChI=1S/C24H19N3O2S/c28-23(27-24-26-22(17-30-24)21-8-4-5-15-25-21)14-11-18-9-12-20(13-10-18)29-16-19-6-2-1-3-7-19/h1-15,17H,16H2,(H,26,27,28)/b14-11+.